The van der Waals surface area contributed by atoms with Crippen LogP contribution >= 0.6 is 27.5 Å². The third-order valence-corrected chi connectivity index (χ3v) is 6.69. The normalized spacial score (nSPS) is 14.8. The Morgan fingerprint density at radius 1 is 1.00 bits per heavy atom. The minimum atomic E-state index is -0.745. The van der Waals surface area contributed by atoms with Crippen molar-refractivity contribution in [2.24, 2.45) is 0 Å². The lowest BCUT2D eigenvalue weighted by atomic mass is 9.97. The molecule has 0 N–H and O–H groups in total. The van der Waals surface area contributed by atoms with Crippen LogP contribution < -0.4 is 19.8 Å². The molecule has 0 radical (unpaired) electrons. The highest BCUT2D eigenvalue weighted by Crippen LogP contribution is 2.43. The van der Waals surface area contributed by atoms with Crippen LogP contribution in [-0.4, -0.2) is 19.1 Å². The van der Waals surface area contributed by atoms with E-state index >= 15 is 0 Å². The molecule has 0 aliphatic carbocycles. The third-order valence-electron chi connectivity index (χ3n) is 5.96. The number of carbonyl (C=O) groups is 1. The van der Waals surface area contributed by atoms with Crippen molar-refractivity contribution < 1.29 is 18.7 Å². The molecule has 1 aliphatic heterocycles. The Balaban J connectivity index is 1.76. The van der Waals surface area contributed by atoms with Crippen LogP contribution in [0.25, 0.3) is 11.0 Å². The standard InChI is InChI=1S/C28H23BrClNO5/c1-3-12-35-22-10-8-16(13-23(22)34-4-2)25-24-26(32)20-14-17(29)9-11-21(20)36-27(24)28(33)31(25)19-7-5-6-18(30)15-19/h5-11,13-15,25H,3-4,12H2,1-2H3. The Labute approximate surface area is 221 Å². The minimum absolute atomic E-state index is 0.0177. The predicted molar refractivity (Wildman–Crippen MR) is 144 cm³/mol. The highest BCUT2D eigenvalue weighted by molar-refractivity contribution is 9.10. The summed E-state index contributed by atoms with van der Waals surface area (Å²) >= 11 is 9.71. The van der Waals surface area contributed by atoms with Crippen molar-refractivity contribution in [1.82, 2.24) is 0 Å². The molecule has 1 amide bonds. The molecule has 3 aromatic carbocycles. The van der Waals surface area contributed by atoms with E-state index in [0.29, 0.717) is 52.0 Å². The molecule has 0 fully saturated rings. The van der Waals surface area contributed by atoms with Gasteiger partial charge in [-0.15, -0.1) is 0 Å². The molecule has 8 heteroatoms. The number of amides is 1. The third kappa shape index (κ3) is 4.27. The molecule has 36 heavy (non-hydrogen) atoms. The van der Waals surface area contributed by atoms with Crippen LogP contribution in [0.15, 0.2) is 74.3 Å². The van der Waals surface area contributed by atoms with Gasteiger partial charge in [-0.05, 0) is 67.4 Å². The number of nitrogens with zero attached hydrogens (tertiary/aromatic N) is 1. The van der Waals surface area contributed by atoms with Crippen LogP contribution in [0.2, 0.25) is 5.02 Å². The van der Waals surface area contributed by atoms with Crippen molar-refractivity contribution >= 4 is 50.1 Å². The maximum absolute atomic E-state index is 13.8. The zero-order valence-corrected chi connectivity index (χ0v) is 22.1. The number of hydrogen-bond acceptors (Lipinski definition) is 5. The second-order valence-electron chi connectivity index (χ2n) is 8.36. The first-order valence-electron chi connectivity index (χ1n) is 11.7. The summed E-state index contributed by atoms with van der Waals surface area (Å²) in [6, 6.07) is 16.9. The molecule has 0 saturated heterocycles. The molecule has 6 nitrogen and oxygen atoms in total. The molecule has 1 unspecified atom stereocenters. The summed E-state index contributed by atoms with van der Waals surface area (Å²) in [5.41, 5.74) is 1.60. The Morgan fingerprint density at radius 3 is 2.58 bits per heavy atom. The van der Waals surface area contributed by atoms with E-state index in [0.717, 1.165) is 10.9 Å². The summed E-state index contributed by atoms with van der Waals surface area (Å²) in [4.78, 5) is 29.1. The van der Waals surface area contributed by atoms with Crippen LogP contribution in [0.4, 0.5) is 5.69 Å². The second-order valence-corrected chi connectivity index (χ2v) is 9.71. The second kappa shape index (κ2) is 9.99. The number of hydrogen-bond donors (Lipinski definition) is 0. The van der Waals surface area contributed by atoms with E-state index in [1.165, 1.54) is 0 Å². The molecule has 1 atom stereocenters. The van der Waals surface area contributed by atoms with Gasteiger partial charge in [-0.2, -0.15) is 0 Å². The monoisotopic (exact) mass is 567 g/mol. The van der Waals surface area contributed by atoms with Gasteiger partial charge in [-0.1, -0.05) is 46.6 Å². The van der Waals surface area contributed by atoms with Crippen LogP contribution in [0.1, 0.15) is 48.0 Å². The van der Waals surface area contributed by atoms with E-state index in [-0.39, 0.29) is 16.8 Å². The van der Waals surface area contributed by atoms with Crippen LogP contribution in [0.5, 0.6) is 11.5 Å². The van der Waals surface area contributed by atoms with E-state index in [2.05, 4.69) is 15.9 Å². The predicted octanol–water partition coefficient (Wildman–Crippen LogP) is 7.15. The smallest absolute Gasteiger partial charge is 0.295 e. The lowest BCUT2D eigenvalue weighted by molar-refractivity contribution is 0.0971. The van der Waals surface area contributed by atoms with Gasteiger partial charge in [-0.25, -0.2) is 0 Å². The topological polar surface area (TPSA) is 69.0 Å². The summed E-state index contributed by atoms with van der Waals surface area (Å²) in [5.74, 6) is 0.756. The lowest BCUT2D eigenvalue weighted by Crippen LogP contribution is -2.29. The fraction of sp³-hybridized carbons (Fsp3) is 0.214. The quantitative estimate of drug-likeness (QED) is 0.237. The van der Waals surface area contributed by atoms with Gasteiger partial charge >= 0.3 is 0 Å². The summed E-state index contributed by atoms with van der Waals surface area (Å²) in [6.07, 6.45) is 0.851. The number of anilines is 1. The molecule has 1 aliphatic rings. The Morgan fingerprint density at radius 2 is 1.83 bits per heavy atom. The maximum Gasteiger partial charge on any atom is 0.295 e. The Kier molecular flexibility index (Phi) is 6.77. The van der Waals surface area contributed by atoms with Gasteiger partial charge in [0.1, 0.15) is 5.58 Å². The highest BCUT2D eigenvalue weighted by atomic mass is 79.9. The number of rotatable bonds is 7. The molecule has 0 spiro atoms. The molecule has 5 rings (SSSR count). The first-order valence-corrected chi connectivity index (χ1v) is 12.8. The first kappa shape index (κ1) is 24.4. The minimum Gasteiger partial charge on any atom is -0.490 e. The molecule has 1 aromatic heterocycles. The van der Waals surface area contributed by atoms with Gasteiger partial charge < -0.3 is 13.9 Å². The number of fused-ring (bicyclic) bond motifs is 2. The number of halogens is 2. The molecule has 184 valence electrons. The zero-order valence-electron chi connectivity index (χ0n) is 19.7. The average Bonchev–Trinajstić information content (AvgIpc) is 3.16. The number of benzene rings is 3. The lowest BCUT2D eigenvalue weighted by Gasteiger charge is -2.26. The average molecular weight is 569 g/mol. The van der Waals surface area contributed by atoms with Crippen LogP contribution in [-0.2, 0) is 0 Å². The van der Waals surface area contributed by atoms with Crippen molar-refractivity contribution in [2.45, 2.75) is 26.3 Å². The van der Waals surface area contributed by atoms with E-state index in [1.54, 1.807) is 47.4 Å². The van der Waals surface area contributed by atoms with Gasteiger partial charge in [0, 0.05) is 15.2 Å². The molecule has 4 aromatic rings. The van der Waals surface area contributed by atoms with Gasteiger partial charge in [0.2, 0.25) is 5.76 Å². The van der Waals surface area contributed by atoms with E-state index in [1.807, 2.05) is 32.0 Å². The molecular formula is C28H23BrClNO5. The van der Waals surface area contributed by atoms with Gasteiger partial charge in [0.25, 0.3) is 5.91 Å². The largest absolute Gasteiger partial charge is 0.490 e. The number of carbonyl (C=O) groups excluding carboxylic acids is 1. The van der Waals surface area contributed by atoms with Gasteiger partial charge in [0.15, 0.2) is 16.9 Å². The van der Waals surface area contributed by atoms with E-state index in [9.17, 15) is 9.59 Å². The van der Waals surface area contributed by atoms with Crippen molar-refractivity contribution in [2.75, 3.05) is 18.1 Å². The van der Waals surface area contributed by atoms with Crippen molar-refractivity contribution in [3.8, 4) is 11.5 Å². The summed E-state index contributed by atoms with van der Waals surface area (Å²) < 4.78 is 18.5. The number of ether oxygens (including phenoxy) is 2. The summed E-state index contributed by atoms with van der Waals surface area (Å²) in [7, 11) is 0. The molecule has 0 bridgehead atoms. The van der Waals surface area contributed by atoms with E-state index < -0.39 is 11.9 Å². The fourth-order valence-corrected chi connectivity index (χ4v) is 4.99. The Hall–Kier alpha value is -3.29. The summed E-state index contributed by atoms with van der Waals surface area (Å²) in [6.45, 7) is 4.90. The van der Waals surface area contributed by atoms with Crippen molar-refractivity contribution in [3.05, 3.63) is 97.3 Å². The highest BCUT2D eigenvalue weighted by Gasteiger charge is 2.44. The maximum atomic E-state index is 13.8. The van der Waals surface area contributed by atoms with Gasteiger partial charge in [-0.3, -0.25) is 14.5 Å². The fourth-order valence-electron chi connectivity index (χ4n) is 4.45. The van der Waals surface area contributed by atoms with Crippen molar-refractivity contribution in [1.29, 1.82) is 0 Å². The van der Waals surface area contributed by atoms with E-state index in [4.69, 9.17) is 25.5 Å². The Bertz CT molecular complexity index is 1530. The molecule has 0 saturated carbocycles. The first-order chi connectivity index (χ1) is 17.4. The summed E-state index contributed by atoms with van der Waals surface area (Å²) in [5, 5.41) is 0.864. The van der Waals surface area contributed by atoms with Crippen molar-refractivity contribution in [3.63, 3.8) is 0 Å². The molecule has 2 heterocycles. The van der Waals surface area contributed by atoms with Gasteiger partial charge in [0.05, 0.1) is 30.2 Å². The molecular weight excluding hydrogens is 546 g/mol. The van der Waals surface area contributed by atoms with Crippen LogP contribution in [0.3, 0.4) is 0 Å². The SMILES string of the molecule is CCCOc1ccc(C2c3c(oc4ccc(Br)cc4c3=O)C(=O)N2c2cccc(Cl)c2)cc1OCC. The van der Waals surface area contributed by atoms with Crippen LogP contribution in [0, 0.1) is 0 Å². The zero-order chi connectivity index (χ0) is 25.4.